The molecular weight excluding hydrogens is 598 g/mol. The van der Waals surface area contributed by atoms with Crippen LogP contribution in [0.3, 0.4) is 0 Å². The molecule has 0 aliphatic heterocycles. The molecule has 0 fully saturated rings. The Balaban J connectivity index is 1.24. The van der Waals surface area contributed by atoms with E-state index < -0.39 is 12.2 Å². The summed E-state index contributed by atoms with van der Waals surface area (Å²) in [5.74, 6) is 0.0221. The van der Waals surface area contributed by atoms with Crippen LogP contribution in [-0.2, 0) is 32.3 Å². The number of ether oxygens (including phenoxy) is 2. The molecule has 0 bridgehead atoms. The van der Waals surface area contributed by atoms with Crippen LogP contribution in [0.1, 0.15) is 88.2 Å². The van der Waals surface area contributed by atoms with E-state index >= 15 is 0 Å². The molecule has 11 heteroatoms. The first-order chi connectivity index (χ1) is 23.0. The van der Waals surface area contributed by atoms with Crippen LogP contribution in [0.25, 0.3) is 0 Å². The van der Waals surface area contributed by atoms with Crippen LogP contribution >= 0.6 is 0 Å². The van der Waals surface area contributed by atoms with Crippen molar-refractivity contribution in [1.82, 2.24) is 26.6 Å². The van der Waals surface area contributed by atoms with Gasteiger partial charge in [0.05, 0.1) is 0 Å². The molecule has 0 heterocycles. The summed E-state index contributed by atoms with van der Waals surface area (Å²) in [4.78, 5) is 47.4. The predicted molar refractivity (Wildman–Crippen MR) is 184 cm³/mol. The molecule has 0 spiro atoms. The van der Waals surface area contributed by atoms with Gasteiger partial charge in [0.15, 0.2) is 0 Å². The van der Waals surface area contributed by atoms with Gasteiger partial charge in [0.2, 0.25) is 11.8 Å². The highest BCUT2D eigenvalue weighted by molar-refractivity contribution is 5.76. The number of alkyl carbamates (subject to hydrolysis) is 2. The maximum atomic E-state index is 12.0. The van der Waals surface area contributed by atoms with E-state index in [-0.39, 0.29) is 25.0 Å². The van der Waals surface area contributed by atoms with Crippen molar-refractivity contribution >= 4 is 24.0 Å². The molecule has 0 saturated heterocycles. The molecule has 0 aromatic heterocycles. The van der Waals surface area contributed by atoms with Crippen molar-refractivity contribution in [2.24, 2.45) is 0 Å². The fourth-order valence-corrected chi connectivity index (χ4v) is 4.64. The van der Waals surface area contributed by atoms with E-state index in [4.69, 9.17) is 9.47 Å². The van der Waals surface area contributed by atoms with E-state index in [9.17, 15) is 19.2 Å². The summed E-state index contributed by atoms with van der Waals surface area (Å²) in [7, 11) is 0. The van der Waals surface area contributed by atoms with Crippen LogP contribution in [0.5, 0.6) is 0 Å². The molecule has 0 radical (unpaired) electrons. The van der Waals surface area contributed by atoms with Crippen LogP contribution in [0.2, 0.25) is 0 Å². The number of rotatable bonds is 26. The summed E-state index contributed by atoms with van der Waals surface area (Å²) in [5.41, 5.74) is 1.86. The Kier molecular flexibility index (Phi) is 22.5. The van der Waals surface area contributed by atoms with Gasteiger partial charge in [0.1, 0.15) is 13.2 Å². The number of amides is 4. The highest BCUT2D eigenvalue weighted by Gasteiger charge is 2.06. The SMILES string of the molecule is O=C(CCCNC(=O)OCc1ccccc1)NCCCCCCNCCCCCCNC(=O)CCCNC(=O)OCc1ccccc1. The Morgan fingerprint density at radius 1 is 0.426 bits per heavy atom. The Morgan fingerprint density at radius 3 is 1.19 bits per heavy atom. The normalized spacial score (nSPS) is 10.6. The smallest absolute Gasteiger partial charge is 0.407 e. The fourth-order valence-electron chi connectivity index (χ4n) is 4.64. The minimum absolute atomic E-state index is 0.0111. The van der Waals surface area contributed by atoms with Gasteiger partial charge in [-0.3, -0.25) is 9.59 Å². The predicted octanol–water partition coefficient (Wildman–Crippen LogP) is 5.34. The van der Waals surface area contributed by atoms with Crippen molar-refractivity contribution < 1.29 is 28.7 Å². The van der Waals surface area contributed by atoms with Gasteiger partial charge in [-0.25, -0.2) is 9.59 Å². The number of carbonyl (C=O) groups excluding carboxylic acids is 4. The number of nitrogens with one attached hydrogen (secondary N) is 5. The first-order valence-corrected chi connectivity index (χ1v) is 17.2. The number of hydrogen-bond donors (Lipinski definition) is 5. The lowest BCUT2D eigenvalue weighted by Gasteiger charge is -2.08. The van der Waals surface area contributed by atoms with Crippen molar-refractivity contribution in [3.05, 3.63) is 71.8 Å². The average molecular weight is 654 g/mol. The number of carbonyl (C=O) groups is 4. The van der Waals surface area contributed by atoms with Gasteiger partial charge in [0, 0.05) is 39.0 Å². The standard InChI is InChI=1S/C36H55N5O6/c42-33(21-15-27-40-35(44)46-29-31-17-7-5-8-18-31)38-25-13-3-1-11-23-37-24-12-2-4-14-26-39-34(43)22-16-28-41-36(45)47-30-32-19-9-6-10-20-32/h5-10,17-20,37H,1-4,11-16,21-30H2,(H,38,42)(H,39,43)(H,40,44)(H,41,45). The average Bonchev–Trinajstić information content (AvgIpc) is 3.09. The van der Waals surface area contributed by atoms with Gasteiger partial charge in [0.25, 0.3) is 0 Å². The molecular formula is C36H55N5O6. The Labute approximate surface area is 280 Å². The zero-order valence-corrected chi connectivity index (χ0v) is 27.9. The van der Waals surface area contributed by atoms with Crippen molar-refractivity contribution in [3.63, 3.8) is 0 Å². The topological polar surface area (TPSA) is 147 Å². The van der Waals surface area contributed by atoms with Crippen LogP contribution in [0.15, 0.2) is 60.7 Å². The molecule has 11 nitrogen and oxygen atoms in total. The highest BCUT2D eigenvalue weighted by Crippen LogP contribution is 2.03. The maximum Gasteiger partial charge on any atom is 0.407 e. The molecule has 0 aliphatic carbocycles. The Morgan fingerprint density at radius 2 is 0.787 bits per heavy atom. The van der Waals surface area contributed by atoms with Crippen molar-refractivity contribution in [3.8, 4) is 0 Å². The van der Waals surface area contributed by atoms with Crippen molar-refractivity contribution in [1.29, 1.82) is 0 Å². The van der Waals surface area contributed by atoms with E-state index in [2.05, 4.69) is 26.6 Å². The first-order valence-electron chi connectivity index (χ1n) is 17.2. The minimum atomic E-state index is -0.471. The molecule has 0 saturated carbocycles. The zero-order chi connectivity index (χ0) is 33.6. The second kappa shape index (κ2) is 27.0. The fraction of sp³-hybridized carbons (Fsp3) is 0.556. The van der Waals surface area contributed by atoms with Gasteiger partial charge in [-0.2, -0.15) is 0 Å². The third-order valence-electron chi connectivity index (χ3n) is 7.33. The highest BCUT2D eigenvalue weighted by atomic mass is 16.6. The van der Waals surface area contributed by atoms with E-state index in [0.29, 0.717) is 51.9 Å². The first kappa shape index (κ1) is 39.1. The summed E-state index contributed by atoms with van der Waals surface area (Å²) in [5, 5.41) is 14.7. The van der Waals surface area contributed by atoms with Crippen LogP contribution in [0, 0.1) is 0 Å². The number of hydrogen-bond acceptors (Lipinski definition) is 7. The van der Waals surface area contributed by atoms with Gasteiger partial charge < -0.3 is 36.1 Å². The minimum Gasteiger partial charge on any atom is -0.445 e. The molecule has 2 aromatic rings. The van der Waals surface area contributed by atoms with E-state index in [1.165, 1.54) is 0 Å². The van der Waals surface area contributed by atoms with Crippen molar-refractivity contribution in [2.75, 3.05) is 39.3 Å². The van der Waals surface area contributed by atoms with Gasteiger partial charge in [-0.1, -0.05) is 86.3 Å². The molecule has 5 N–H and O–H groups in total. The second-order valence-corrected chi connectivity index (χ2v) is 11.5. The maximum absolute atomic E-state index is 12.0. The van der Waals surface area contributed by atoms with E-state index in [1.54, 1.807) is 0 Å². The molecule has 2 aromatic carbocycles. The van der Waals surface area contributed by atoms with Crippen molar-refractivity contribution in [2.45, 2.75) is 90.3 Å². The molecule has 47 heavy (non-hydrogen) atoms. The van der Waals surface area contributed by atoms with Gasteiger partial charge in [-0.05, 0) is 62.7 Å². The summed E-state index contributed by atoms with van der Waals surface area (Å²) >= 11 is 0. The van der Waals surface area contributed by atoms with Gasteiger partial charge >= 0.3 is 12.2 Å². The lowest BCUT2D eigenvalue weighted by atomic mass is 10.1. The largest absolute Gasteiger partial charge is 0.445 e. The van der Waals surface area contributed by atoms with Crippen LogP contribution in [-0.4, -0.2) is 63.3 Å². The molecule has 2 rings (SSSR count). The van der Waals surface area contributed by atoms with Crippen LogP contribution < -0.4 is 26.6 Å². The monoisotopic (exact) mass is 653 g/mol. The third-order valence-corrected chi connectivity index (χ3v) is 7.33. The number of unbranched alkanes of at least 4 members (excludes halogenated alkanes) is 6. The third kappa shape index (κ3) is 22.9. The molecule has 4 amide bonds. The zero-order valence-electron chi connectivity index (χ0n) is 27.9. The summed E-state index contributed by atoms with van der Waals surface area (Å²) < 4.78 is 10.3. The second-order valence-electron chi connectivity index (χ2n) is 11.5. The van der Waals surface area contributed by atoms with E-state index in [1.807, 2.05) is 60.7 Å². The molecule has 0 atom stereocenters. The number of benzene rings is 2. The molecule has 260 valence electrons. The van der Waals surface area contributed by atoms with E-state index in [0.717, 1.165) is 75.6 Å². The van der Waals surface area contributed by atoms with Gasteiger partial charge in [-0.15, -0.1) is 0 Å². The summed E-state index contributed by atoms with van der Waals surface area (Å²) in [6.07, 6.45) is 9.57. The lowest BCUT2D eigenvalue weighted by molar-refractivity contribution is -0.122. The molecule has 0 unspecified atom stereocenters. The Bertz CT molecular complexity index is 1030. The quantitative estimate of drug-likeness (QED) is 0.0862. The lowest BCUT2D eigenvalue weighted by Crippen LogP contribution is -2.28. The Hall–Kier alpha value is -4.12. The van der Waals surface area contributed by atoms with Crippen LogP contribution in [0.4, 0.5) is 9.59 Å². The molecule has 0 aliphatic rings. The summed E-state index contributed by atoms with van der Waals surface area (Å²) in [6, 6.07) is 19.0. The summed E-state index contributed by atoms with van der Waals surface area (Å²) in [6.45, 7) is 4.65.